The molecule has 3 rings (SSSR count). The third-order valence-electron chi connectivity index (χ3n) is 6.64. The first kappa shape index (κ1) is 20.5. The molecular weight excluding hydrogens is 455 g/mol. The molecule has 0 fully saturated rings. The molecule has 0 atom stereocenters. The predicted octanol–water partition coefficient (Wildman–Crippen LogP) is 4.31. The zero-order valence-corrected chi connectivity index (χ0v) is 19.5. The summed E-state index contributed by atoms with van der Waals surface area (Å²) < 4.78 is 0.984. The van der Waals surface area contributed by atoms with Crippen molar-refractivity contribution in [2.75, 3.05) is 0 Å². The molecule has 148 valence electrons. The number of hydrogen-bond donors (Lipinski definition) is 2. The van der Waals surface area contributed by atoms with E-state index in [1.54, 1.807) is 0 Å². The van der Waals surface area contributed by atoms with Gasteiger partial charge in [0.15, 0.2) is 11.7 Å². The normalized spacial score (nSPS) is 24.9. The molecule has 0 unspecified atom stereocenters. The highest BCUT2D eigenvalue weighted by Gasteiger charge is 2.50. The molecule has 1 aromatic carbocycles. The van der Waals surface area contributed by atoms with Crippen LogP contribution in [0.15, 0.2) is 28.2 Å². The lowest BCUT2D eigenvalue weighted by Crippen LogP contribution is -2.51. The average molecular weight is 484 g/mol. The maximum absolute atomic E-state index is 10.8. The van der Waals surface area contributed by atoms with Crippen LogP contribution in [0.25, 0.3) is 0 Å². The van der Waals surface area contributed by atoms with Gasteiger partial charge in [0.1, 0.15) is 0 Å². The molecule has 0 radical (unpaired) electrons. The lowest BCUT2D eigenvalue weighted by molar-refractivity contribution is -0.0994. The minimum Gasteiger partial charge on any atom is -0.286 e. The molecule has 0 aliphatic carbocycles. The molecular formula is C20H29IN4O2. The fourth-order valence-corrected chi connectivity index (χ4v) is 3.84. The second-order valence-corrected chi connectivity index (χ2v) is 10.7. The summed E-state index contributed by atoms with van der Waals surface area (Å²) in [6.07, 6.45) is 0. The molecule has 0 saturated heterocycles. The van der Waals surface area contributed by atoms with E-state index in [0.717, 1.165) is 14.7 Å². The number of nitrogens with zero attached hydrogens (tertiary/aromatic N) is 4. The van der Waals surface area contributed by atoms with Crippen molar-refractivity contribution in [2.45, 2.75) is 77.5 Å². The van der Waals surface area contributed by atoms with Crippen LogP contribution in [-0.2, 0) is 0 Å². The second kappa shape index (κ2) is 5.90. The van der Waals surface area contributed by atoms with Gasteiger partial charge in [0.2, 0.25) is 0 Å². The summed E-state index contributed by atoms with van der Waals surface area (Å²) in [6, 6.07) is 5.90. The fraction of sp³-hybridized carbons (Fsp3) is 0.600. The van der Waals surface area contributed by atoms with E-state index in [4.69, 9.17) is 9.98 Å². The third kappa shape index (κ3) is 2.89. The number of aliphatic imine (C=N–C) groups is 2. The summed E-state index contributed by atoms with van der Waals surface area (Å²) >= 11 is 2.24. The van der Waals surface area contributed by atoms with Crippen LogP contribution in [0.1, 0.15) is 66.5 Å². The summed E-state index contributed by atoms with van der Waals surface area (Å²) in [5, 5.41) is 24.1. The molecule has 0 saturated carbocycles. The van der Waals surface area contributed by atoms with Crippen LogP contribution in [0.3, 0.4) is 0 Å². The van der Waals surface area contributed by atoms with Crippen LogP contribution < -0.4 is 0 Å². The topological polar surface area (TPSA) is 71.7 Å². The molecule has 6 nitrogen and oxygen atoms in total. The van der Waals surface area contributed by atoms with E-state index in [2.05, 4.69) is 22.6 Å². The van der Waals surface area contributed by atoms with Crippen molar-refractivity contribution in [3.63, 3.8) is 0 Å². The van der Waals surface area contributed by atoms with Crippen molar-refractivity contribution in [2.24, 2.45) is 9.98 Å². The van der Waals surface area contributed by atoms with Crippen LogP contribution in [0, 0.1) is 3.57 Å². The van der Waals surface area contributed by atoms with Crippen LogP contribution in [0.5, 0.6) is 0 Å². The Morgan fingerprint density at radius 2 is 1.04 bits per heavy atom. The monoisotopic (exact) mass is 484 g/mol. The highest BCUT2D eigenvalue weighted by Crippen LogP contribution is 2.40. The molecule has 0 amide bonds. The maximum atomic E-state index is 10.8. The standard InChI is InChI=1S/C20H29IN4O2/c1-17(2)19(5,6)24(26)15(22-17)12-9-13(11-14(21)10-12)16-23-18(3,4)20(7,8)25(16)27/h9-11,26-27H,1-8H3. The average Bonchev–Trinajstić information content (AvgIpc) is 2.80. The minimum atomic E-state index is -0.526. The first-order chi connectivity index (χ1) is 12.1. The van der Waals surface area contributed by atoms with E-state index in [0.29, 0.717) is 11.7 Å². The highest BCUT2D eigenvalue weighted by atomic mass is 127. The lowest BCUT2D eigenvalue weighted by Gasteiger charge is -2.37. The zero-order chi connectivity index (χ0) is 20.6. The van der Waals surface area contributed by atoms with Gasteiger partial charge in [-0.25, -0.2) is 10.1 Å². The Morgan fingerprint density at radius 3 is 1.30 bits per heavy atom. The van der Waals surface area contributed by atoms with Crippen LogP contribution in [0.2, 0.25) is 0 Å². The summed E-state index contributed by atoms with van der Waals surface area (Å²) in [5.41, 5.74) is -0.316. The van der Waals surface area contributed by atoms with E-state index >= 15 is 0 Å². The van der Waals surface area contributed by atoms with Crippen molar-refractivity contribution in [1.29, 1.82) is 0 Å². The van der Waals surface area contributed by atoms with Gasteiger partial charge in [-0.1, -0.05) is 0 Å². The van der Waals surface area contributed by atoms with E-state index < -0.39 is 22.2 Å². The van der Waals surface area contributed by atoms with Gasteiger partial charge in [0.05, 0.1) is 22.2 Å². The van der Waals surface area contributed by atoms with Crippen molar-refractivity contribution < 1.29 is 10.4 Å². The van der Waals surface area contributed by atoms with Gasteiger partial charge < -0.3 is 0 Å². The number of amidine groups is 2. The molecule has 2 aliphatic heterocycles. The highest BCUT2D eigenvalue weighted by molar-refractivity contribution is 14.1. The first-order valence-electron chi connectivity index (χ1n) is 9.11. The van der Waals surface area contributed by atoms with Gasteiger partial charge in [-0.3, -0.25) is 20.4 Å². The Balaban J connectivity index is 2.11. The zero-order valence-electron chi connectivity index (χ0n) is 17.3. The summed E-state index contributed by atoms with van der Waals surface area (Å²) in [5.74, 6) is 1.07. The minimum absolute atomic E-state index is 0.434. The Bertz CT molecular complexity index is 789. The summed E-state index contributed by atoms with van der Waals surface area (Å²) in [4.78, 5) is 9.57. The fourth-order valence-electron chi connectivity index (χ4n) is 3.17. The predicted molar refractivity (Wildman–Crippen MR) is 116 cm³/mol. The number of benzene rings is 1. The first-order valence-corrected chi connectivity index (χ1v) is 10.2. The van der Waals surface area contributed by atoms with E-state index in [1.165, 1.54) is 10.1 Å². The van der Waals surface area contributed by atoms with Crippen molar-refractivity contribution in [1.82, 2.24) is 10.1 Å². The molecule has 27 heavy (non-hydrogen) atoms. The van der Waals surface area contributed by atoms with Gasteiger partial charge in [-0.05, 0) is 96.2 Å². The number of hydrogen-bond acceptors (Lipinski definition) is 6. The number of halogens is 1. The molecule has 2 aliphatic rings. The molecule has 2 heterocycles. The Morgan fingerprint density at radius 1 is 0.704 bits per heavy atom. The molecule has 0 bridgehead atoms. The third-order valence-corrected chi connectivity index (χ3v) is 7.26. The van der Waals surface area contributed by atoms with Gasteiger partial charge in [0, 0.05) is 14.7 Å². The lowest BCUT2D eigenvalue weighted by atomic mass is 9.84. The van der Waals surface area contributed by atoms with Crippen molar-refractivity contribution >= 4 is 34.3 Å². The van der Waals surface area contributed by atoms with E-state index in [1.807, 2.05) is 73.6 Å². The SMILES string of the molecule is CC1(C)N=C(c2cc(I)cc(C3=NC(C)(C)C(C)(C)N3O)c2)N(O)C1(C)C. The molecule has 1 aromatic rings. The smallest absolute Gasteiger partial charge is 0.156 e. The maximum Gasteiger partial charge on any atom is 0.156 e. The number of hydroxylamine groups is 4. The quantitative estimate of drug-likeness (QED) is 0.614. The van der Waals surface area contributed by atoms with Gasteiger partial charge in [0.25, 0.3) is 0 Å². The van der Waals surface area contributed by atoms with Gasteiger partial charge in [-0.15, -0.1) is 0 Å². The van der Waals surface area contributed by atoms with E-state index in [-0.39, 0.29) is 0 Å². The Kier molecular flexibility index (Phi) is 4.49. The van der Waals surface area contributed by atoms with Crippen LogP contribution >= 0.6 is 22.6 Å². The summed E-state index contributed by atoms with van der Waals surface area (Å²) in [6.45, 7) is 15.9. The van der Waals surface area contributed by atoms with Crippen molar-refractivity contribution in [3.05, 3.63) is 32.9 Å². The molecule has 0 spiro atoms. The number of rotatable bonds is 2. The largest absolute Gasteiger partial charge is 0.286 e. The van der Waals surface area contributed by atoms with Gasteiger partial charge in [-0.2, -0.15) is 0 Å². The van der Waals surface area contributed by atoms with E-state index in [9.17, 15) is 10.4 Å². The summed E-state index contributed by atoms with van der Waals surface area (Å²) in [7, 11) is 0. The van der Waals surface area contributed by atoms with Crippen LogP contribution in [0.4, 0.5) is 0 Å². The molecule has 7 heteroatoms. The Labute approximate surface area is 175 Å². The molecule has 2 N–H and O–H groups in total. The van der Waals surface area contributed by atoms with Gasteiger partial charge >= 0.3 is 0 Å². The van der Waals surface area contributed by atoms with Crippen molar-refractivity contribution in [3.8, 4) is 0 Å². The second-order valence-electron chi connectivity index (χ2n) is 9.46. The Hall–Kier alpha value is -1.19. The molecule has 0 aromatic heterocycles. The van der Waals surface area contributed by atoms with Crippen LogP contribution in [-0.4, -0.2) is 54.4 Å².